The maximum Gasteiger partial charge on any atom is 0.387 e. The smallest absolute Gasteiger partial charge is 0.387 e. The number of aromatic nitrogens is 1. The van der Waals surface area contributed by atoms with Crippen LogP contribution in [0, 0.1) is 0 Å². The van der Waals surface area contributed by atoms with E-state index in [0.717, 1.165) is 0 Å². The normalized spacial score (nSPS) is 10.5. The first-order valence-corrected chi connectivity index (χ1v) is 6.65. The number of pyridine rings is 1. The van der Waals surface area contributed by atoms with E-state index in [9.17, 15) is 13.6 Å². The van der Waals surface area contributed by atoms with Crippen molar-refractivity contribution >= 4 is 21.9 Å². The fraction of sp³-hybridized carbons (Fsp3) is 0.143. The first-order chi connectivity index (χ1) is 10.0. The van der Waals surface area contributed by atoms with E-state index in [2.05, 4.69) is 25.7 Å². The summed E-state index contributed by atoms with van der Waals surface area (Å²) >= 11 is 3.21. The van der Waals surface area contributed by atoms with Crippen molar-refractivity contribution in [2.45, 2.75) is 13.2 Å². The van der Waals surface area contributed by atoms with E-state index in [1.807, 2.05) is 0 Å². The summed E-state index contributed by atoms with van der Waals surface area (Å²) in [5, 5.41) is 0. The Balaban J connectivity index is 1.92. The summed E-state index contributed by atoms with van der Waals surface area (Å²) in [4.78, 5) is 15.6. The highest BCUT2D eigenvalue weighted by Gasteiger charge is 2.09. The molecule has 0 saturated heterocycles. The number of hydrogen-bond acceptors (Lipinski definition) is 4. The Kier molecular flexibility index (Phi) is 5.21. The average Bonchev–Trinajstić information content (AvgIpc) is 2.45. The molecule has 0 atom stereocenters. The third-order valence-corrected chi connectivity index (χ3v) is 2.89. The highest BCUT2D eigenvalue weighted by Crippen LogP contribution is 2.16. The van der Waals surface area contributed by atoms with Crippen LogP contribution in [0.25, 0.3) is 0 Å². The summed E-state index contributed by atoms with van der Waals surface area (Å²) in [6.07, 6.45) is 2.95. The Morgan fingerprint density at radius 2 is 1.95 bits per heavy atom. The standard InChI is InChI=1S/C14H10BrF2NO3/c15-11-5-10(6-18-7-11)13(19)20-8-9-1-3-12(4-2-9)21-14(16)17/h1-7,14H,8H2. The molecule has 110 valence electrons. The van der Waals surface area contributed by atoms with Crippen LogP contribution in [-0.4, -0.2) is 17.6 Å². The summed E-state index contributed by atoms with van der Waals surface area (Å²) < 4.78 is 34.0. The molecule has 0 aliphatic heterocycles. The van der Waals surface area contributed by atoms with Gasteiger partial charge in [-0.05, 0) is 39.7 Å². The van der Waals surface area contributed by atoms with Crippen LogP contribution in [-0.2, 0) is 11.3 Å². The van der Waals surface area contributed by atoms with E-state index in [0.29, 0.717) is 15.6 Å². The van der Waals surface area contributed by atoms with Crippen LogP contribution in [0.1, 0.15) is 15.9 Å². The van der Waals surface area contributed by atoms with E-state index < -0.39 is 12.6 Å². The second-order valence-corrected chi connectivity index (χ2v) is 4.91. The van der Waals surface area contributed by atoms with Gasteiger partial charge in [0.2, 0.25) is 0 Å². The molecule has 0 unspecified atom stereocenters. The van der Waals surface area contributed by atoms with Crippen molar-refractivity contribution in [3.05, 3.63) is 58.3 Å². The number of carbonyl (C=O) groups is 1. The van der Waals surface area contributed by atoms with Crippen molar-refractivity contribution in [2.75, 3.05) is 0 Å². The van der Waals surface area contributed by atoms with Crippen molar-refractivity contribution in [2.24, 2.45) is 0 Å². The molecule has 0 bridgehead atoms. The number of halogens is 3. The molecule has 0 saturated carbocycles. The van der Waals surface area contributed by atoms with Crippen LogP contribution in [0.4, 0.5) is 8.78 Å². The second kappa shape index (κ2) is 7.12. The van der Waals surface area contributed by atoms with Crippen LogP contribution in [0.15, 0.2) is 47.2 Å². The monoisotopic (exact) mass is 357 g/mol. The van der Waals surface area contributed by atoms with Crippen molar-refractivity contribution < 1.29 is 23.0 Å². The molecule has 0 spiro atoms. The molecule has 21 heavy (non-hydrogen) atoms. The number of esters is 1. The zero-order chi connectivity index (χ0) is 15.2. The highest BCUT2D eigenvalue weighted by molar-refractivity contribution is 9.10. The largest absolute Gasteiger partial charge is 0.457 e. The van der Waals surface area contributed by atoms with Gasteiger partial charge in [0.25, 0.3) is 0 Å². The Morgan fingerprint density at radius 1 is 1.24 bits per heavy atom. The predicted molar refractivity (Wildman–Crippen MR) is 74.1 cm³/mol. The molecule has 0 aliphatic carbocycles. The quantitative estimate of drug-likeness (QED) is 0.763. The third kappa shape index (κ3) is 4.78. The molecular formula is C14H10BrF2NO3. The molecule has 7 heteroatoms. The minimum Gasteiger partial charge on any atom is -0.457 e. The van der Waals surface area contributed by atoms with E-state index in [1.54, 1.807) is 24.4 Å². The molecule has 0 aliphatic rings. The van der Waals surface area contributed by atoms with Crippen molar-refractivity contribution in [1.29, 1.82) is 0 Å². The highest BCUT2D eigenvalue weighted by atomic mass is 79.9. The van der Waals surface area contributed by atoms with Gasteiger partial charge in [0, 0.05) is 16.9 Å². The topological polar surface area (TPSA) is 48.4 Å². The zero-order valence-electron chi connectivity index (χ0n) is 10.6. The van der Waals surface area contributed by atoms with Crippen LogP contribution >= 0.6 is 15.9 Å². The van der Waals surface area contributed by atoms with Crippen LogP contribution < -0.4 is 4.74 Å². The molecule has 2 aromatic rings. The first kappa shape index (κ1) is 15.4. The minimum absolute atomic E-state index is 0.0281. The third-order valence-electron chi connectivity index (χ3n) is 2.46. The molecule has 4 nitrogen and oxygen atoms in total. The van der Waals surface area contributed by atoms with E-state index >= 15 is 0 Å². The molecule has 0 fully saturated rings. The van der Waals surface area contributed by atoms with Crippen molar-refractivity contribution in [1.82, 2.24) is 4.98 Å². The maximum absolute atomic E-state index is 12.0. The lowest BCUT2D eigenvalue weighted by molar-refractivity contribution is -0.0498. The van der Waals surface area contributed by atoms with Gasteiger partial charge in [-0.2, -0.15) is 8.78 Å². The molecule has 2 rings (SSSR count). The van der Waals surface area contributed by atoms with Crippen molar-refractivity contribution in [3.63, 3.8) is 0 Å². The molecular weight excluding hydrogens is 348 g/mol. The number of benzene rings is 1. The zero-order valence-corrected chi connectivity index (χ0v) is 12.2. The van der Waals surface area contributed by atoms with E-state index in [4.69, 9.17) is 4.74 Å². The number of ether oxygens (including phenoxy) is 2. The van der Waals surface area contributed by atoms with E-state index in [1.165, 1.54) is 18.3 Å². The van der Waals surface area contributed by atoms with E-state index in [-0.39, 0.29) is 12.4 Å². The van der Waals surface area contributed by atoms with Crippen LogP contribution in [0.3, 0.4) is 0 Å². The van der Waals surface area contributed by atoms with Gasteiger partial charge in [0.05, 0.1) is 5.56 Å². The summed E-state index contributed by atoms with van der Waals surface area (Å²) in [5.41, 5.74) is 0.981. The van der Waals surface area contributed by atoms with Crippen molar-refractivity contribution in [3.8, 4) is 5.75 Å². The Bertz CT molecular complexity index is 620. The van der Waals surface area contributed by atoms with Gasteiger partial charge in [-0.15, -0.1) is 0 Å². The molecule has 1 aromatic carbocycles. The number of rotatable bonds is 5. The number of carbonyl (C=O) groups excluding carboxylic acids is 1. The average molecular weight is 358 g/mol. The van der Waals surface area contributed by atoms with Crippen LogP contribution in [0.5, 0.6) is 5.75 Å². The Labute approximate surface area is 127 Å². The Hall–Kier alpha value is -2.02. The lowest BCUT2D eigenvalue weighted by atomic mass is 10.2. The summed E-state index contributed by atoms with van der Waals surface area (Å²) in [6.45, 7) is -2.84. The first-order valence-electron chi connectivity index (χ1n) is 5.86. The summed E-state index contributed by atoms with van der Waals surface area (Å²) in [5.74, 6) is -0.465. The summed E-state index contributed by atoms with van der Waals surface area (Å²) in [7, 11) is 0. The maximum atomic E-state index is 12.0. The van der Waals surface area contributed by atoms with Gasteiger partial charge in [-0.1, -0.05) is 12.1 Å². The van der Waals surface area contributed by atoms with Gasteiger partial charge in [0.15, 0.2) is 0 Å². The van der Waals surface area contributed by atoms with Gasteiger partial charge >= 0.3 is 12.6 Å². The van der Waals surface area contributed by atoms with Gasteiger partial charge in [-0.25, -0.2) is 4.79 Å². The Morgan fingerprint density at radius 3 is 2.57 bits per heavy atom. The molecule has 0 N–H and O–H groups in total. The summed E-state index contributed by atoms with van der Waals surface area (Å²) in [6, 6.07) is 7.45. The number of alkyl halides is 2. The molecule has 1 aromatic heterocycles. The second-order valence-electron chi connectivity index (χ2n) is 3.99. The van der Waals surface area contributed by atoms with Gasteiger partial charge in [0.1, 0.15) is 12.4 Å². The fourth-order valence-electron chi connectivity index (χ4n) is 1.52. The molecule has 0 amide bonds. The SMILES string of the molecule is O=C(OCc1ccc(OC(F)F)cc1)c1cncc(Br)c1. The molecule has 1 heterocycles. The van der Waals surface area contributed by atoms with Crippen LogP contribution in [0.2, 0.25) is 0 Å². The predicted octanol–water partition coefficient (Wildman–Crippen LogP) is 3.80. The number of nitrogens with zero attached hydrogens (tertiary/aromatic N) is 1. The minimum atomic E-state index is -2.86. The van der Waals surface area contributed by atoms with Gasteiger partial charge < -0.3 is 9.47 Å². The van der Waals surface area contributed by atoms with Gasteiger partial charge in [-0.3, -0.25) is 4.98 Å². The fourth-order valence-corrected chi connectivity index (χ4v) is 1.89. The molecule has 0 radical (unpaired) electrons. The lowest BCUT2D eigenvalue weighted by Gasteiger charge is -2.07. The lowest BCUT2D eigenvalue weighted by Crippen LogP contribution is -2.06. The number of hydrogen-bond donors (Lipinski definition) is 0.